The molecule has 0 aliphatic carbocycles. The van der Waals surface area contributed by atoms with Gasteiger partial charge in [-0.1, -0.05) is 0 Å². The summed E-state index contributed by atoms with van der Waals surface area (Å²) in [5, 5.41) is 3.31. The van der Waals surface area contributed by atoms with Crippen molar-refractivity contribution in [1.29, 1.82) is 0 Å². The van der Waals surface area contributed by atoms with Gasteiger partial charge in [0.2, 0.25) is 0 Å². The van der Waals surface area contributed by atoms with Crippen LogP contribution in [-0.2, 0) is 0 Å². The molecule has 0 saturated heterocycles. The van der Waals surface area contributed by atoms with Gasteiger partial charge in [0.1, 0.15) is 17.3 Å². The average molecular weight is 220 g/mol. The molecule has 16 heavy (non-hydrogen) atoms. The molecule has 1 unspecified atom stereocenters. The Bertz CT molecular complexity index is 415. The first-order valence-electron chi connectivity index (χ1n) is 5.28. The third-order valence-electron chi connectivity index (χ3n) is 2.57. The third-order valence-corrected chi connectivity index (χ3v) is 2.57. The van der Waals surface area contributed by atoms with Gasteiger partial charge >= 0.3 is 0 Å². The summed E-state index contributed by atoms with van der Waals surface area (Å²) in [5.41, 5.74) is 0.979. The highest BCUT2D eigenvalue weighted by atomic mass is 16.5. The first-order chi connectivity index (χ1) is 7.74. The van der Waals surface area contributed by atoms with Gasteiger partial charge in [-0.25, -0.2) is 0 Å². The lowest BCUT2D eigenvalue weighted by molar-refractivity contribution is 0.393. The molecular weight excluding hydrogens is 204 g/mol. The van der Waals surface area contributed by atoms with Crippen molar-refractivity contribution in [2.45, 2.75) is 13.0 Å². The summed E-state index contributed by atoms with van der Waals surface area (Å²) in [6, 6.07) is 6.12. The van der Waals surface area contributed by atoms with Crippen LogP contribution in [0.25, 0.3) is 0 Å². The summed E-state index contributed by atoms with van der Waals surface area (Å²) in [6.45, 7) is 2.91. The van der Waals surface area contributed by atoms with Gasteiger partial charge in [-0.05, 0) is 19.1 Å². The number of nitrogens with one attached hydrogen (secondary N) is 1. The molecule has 1 heterocycles. The van der Waals surface area contributed by atoms with Crippen LogP contribution in [0.5, 0.6) is 11.5 Å². The van der Waals surface area contributed by atoms with Crippen molar-refractivity contribution in [2.75, 3.05) is 20.8 Å². The number of ether oxygens (including phenoxy) is 2. The first kappa shape index (κ1) is 10.8. The van der Waals surface area contributed by atoms with Crippen LogP contribution in [-0.4, -0.2) is 32.6 Å². The van der Waals surface area contributed by atoms with E-state index in [1.807, 2.05) is 18.2 Å². The van der Waals surface area contributed by atoms with E-state index in [-0.39, 0.29) is 0 Å². The standard InChI is InChI=1S/C12H16N2O2/c1-8-7-13-12(14-8)10-5-4-9(15-2)6-11(10)16-3/h4-6,8H,7H2,1-3H3,(H,13,14). The van der Waals surface area contributed by atoms with Gasteiger partial charge in [0, 0.05) is 12.1 Å². The van der Waals surface area contributed by atoms with Crippen molar-refractivity contribution in [3.05, 3.63) is 23.8 Å². The Balaban J connectivity index is 2.33. The molecule has 1 aliphatic rings. The number of benzene rings is 1. The van der Waals surface area contributed by atoms with Crippen LogP contribution < -0.4 is 14.8 Å². The second-order valence-electron chi connectivity index (χ2n) is 3.80. The largest absolute Gasteiger partial charge is 0.497 e. The van der Waals surface area contributed by atoms with E-state index in [2.05, 4.69) is 17.2 Å². The molecular formula is C12H16N2O2. The molecule has 0 amide bonds. The number of hydrogen-bond donors (Lipinski definition) is 1. The lowest BCUT2D eigenvalue weighted by Crippen LogP contribution is -2.27. The quantitative estimate of drug-likeness (QED) is 0.838. The van der Waals surface area contributed by atoms with E-state index in [1.54, 1.807) is 14.2 Å². The highest BCUT2D eigenvalue weighted by Crippen LogP contribution is 2.25. The van der Waals surface area contributed by atoms with Crippen LogP contribution in [0.2, 0.25) is 0 Å². The van der Waals surface area contributed by atoms with Crippen LogP contribution in [0, 0.1) is 0 Å². The van der Waals surface area contributed by atoms with Gasteiger partial charge in [-0.3, -0.25) is 4.99 Å². The molecule has 0 saturated carbocycles. The van der Waals surface area contributed by atoms with Crippen LogP contribution in [0.4, 0.5) is 0 Å². The molecule has 0 fully saturated rings. The number of methoxy groups -OCH3 is 2. The Labute approximate surface area is 95.3 Å². The molecule has 1 N–H and O–H groups in total. The minimum atomic E-state index is 0.391. The Morgan fingerprint density at radius 2 is 2.12 bits per heavy atom. The lowest BCUT2D eigenvalue weighted by atomic mass is 10.1. The second-order valence-corrected chi connectivity index (χ2v) is 3.80. The van der Waals surface area contributed by atoms with E-state index in [9.17, 15) is 0 Å². The molecule has 0 aromatic heterocycles. The number of nitrogens with zero attached hydrogens (tertiary/aromatic N) is 1. The summed E-state index contributed by atoms with van der Waals surface area (Å²) in [6.07, 6.45) is 0. The average Bonchev–Trinajstić information content (AvgIpc) is 2.74. The summed E-state index contributed by atoms with van der Waals surface area (Å²) < 4.78 is 10.5. The Hall–Kier alpha value is -1.71. The van der Waals surface area contributed by atoms with E-state index in [1.165, 1.54) is 0 Å². The summed E-state index contributed by atoms with van der Waals surface area (Å²) in [4.78, 5) is 4.44. The normalized spacial score (nSPS) is 18.9. The maximum absolute atomic E-state index is 5.33. The first-order valence-corrected chi connectivity index (χ1v) is 5.28. The van der Waals surface area contributed by atoms with Gasteiger partial charge in [-0.15, -0.1) is 0 Å². The van der Waals surface area contributed by atoms with E-state index in [0.717, 1.165) is 29.4 Å². The molecule has 2 rings (SSSR count). The monoisotopic (exact) mass is 220 g/mol. The van der Waals surface area contributed by atoms with Gasteiger partial charge in [0.15, 0.2) is 0 Å². The fourth-order valence-electron chi connectivity index (χ4n) is 1.71. The van der Waals surface area contributed by atoms with Crippen LogP contribution in [0.3, 0.4) is 0 Å². The molecule has 0 radical (unpaired) electrons. The molecule has 1 atom stereocenters. The summed E-state index contributed by atoms with van der Waals surface area (Å²) in [5.74, 6) is 2.46. The number of hydrogen-bond acceptors (Lipinski definition) is 4. The minimum Gasteiger partial charge on any atom is -0.497 e. The predicted octanol–water partition coefficient (Wildman–Crippen LogP) is 1.44. The number of amidine groups is 1. The van der Waals surface area contributed by atoms with Crippen molar-refractivity contribution < 1.29 is 9.47 Å². The Morgan fingerprint density at radius 3 is 2.69 bits per heavy atom. The van der Waals surface area contributed by atoms with Crippen molar-refractivity contribution in [3.8, 4) is 11.5 Å². The van der Waals surface area contributed by atoms with Gasteiger partial charge < -0.3 is 14.8 Å². The van der Waals surface area contributed by atoms with Crippen molar-refractivity contribution >= 4 is 5.84 Å². The maximum Gasteiger partial charge on any atom is 0.133 e. The summed E-state index contributed by atoms with van der Waals surface area (Å²) in [7, 11) is 3.29. The Morgan fingerprint density at radius 1 is 1.31 bits per heavy atom. The second kappa shape index (κ2) is 4.43. The van der Waals surface area contributed by atoms with Crippen molar-refractivity contribution in [2.24, 2.45) is 4.99 Å². The molecule has 4 heteroatoms. The van der Waals surface area contributed by atoms with E-state index in [4.69, 9.17) is 9.47 Å². The highest BCUT2D eigenvalue weighted by molar-refractivity contribution is 6.02. The number of aliphatic imine (C=N–C) groups is 1. The van der Waals surface area contributed by atoms with E-state index in [0.29, 0.717) is 6.04 Å². The fraction of sp³-hybridized carbons (Fsp3) is 0.417. The van der Waals surface area contributed by atoms with E-state index >= 15 is 0 Å². The van der Waals surface area contributed by atoms with Crippen LogP contribution in [0.1, 0.15) is 12.5 Å². The number of rotatable bonds is 3. The van der Waals surface area contributed by atoms with Gasteiger partial charge in [0.25, 0.3) is 0 Å². The zero-order valence-corrected chi connectivity index (χ0v) is 9.78. The minimum absolute atomic E-state index is 0.391. The zero-order chi connectivity index (χ0) is 11.5. The fourth-order valence-corrected chi connectivity index (χ4v) is 1.71. The SMILES string of the molecule is COc1ccc(C2=NCC(C)N2)c(OC)c1. The molecule has 1 aliphatic heterocycles. The van der Waals surface area contributed by atoms with Crippen molar-refractivity contribution in [3.63, 3.8) is 0 Å². The molecule has 1 aromatic rings. The van der Waals surface area contributed by atoms with Crippen molar-refractivity contribution in [1.82, 2.24) is 5.32 Å². The summed E-state index contributed by atoms with van der Waals surface area (Å²) >= 11 is 0. The molecule has 1 aromatic carbocycles. The molecule has 0 bridgehead atoms. The zero-order valence-electron chi connectivity index (χ0n) is 9.78. The predicted molar refractivity (Wildman–Crippen MR) is 63.5 cm³/mol. The molecule has 86 valence electrons. The van der Waals surface area contributed by atoms with Crippen LogP contribution in [0.15, 0.2) is 23.2 Å². The molecule has 4 nitrogen and oxygen atoms in total. The third kappa shape index (κ3) is 1.96. The topological polar surface area (TPSA) is 42.8 Å². The maximum atomic E-state index is 5.33. The van der Waals surface area contributed by atoms with E-state index < -0.39 is 0 Å². The smallest absolute Gasteiger partial charge is 0.133 e. The Kier molecular flexibility index (Phi) is 2.99. The van der Waals surface area contributed by atoms with Gasteiger partial charge in [0.05, 0.1) is 26.3 Å². The van der Waals surface area contributed by atoms with Gasteiger partial charge in [-0.2, -0.15) is 0 Å². The highest BCUT2D eigenvalue weighted by Gasteiger charge is 2.17. The van der Waals surface area contributed by atoms with Crippen LogP contribution >= 0.6 is 0 Å². The molecule has 0 spiro atoms. The lowest BCUT2D eigenvalue weighted by Gasteiger charge is -2.11.